The minimum atomic E-state index is -0.250. The van der Waals surface area contributed by atoms with Crippen LogP contribution in [0.1, 0.15) is 43.9 Å². The number of carbonyl (C=O) groups is 1. The van der Waals surface area contributed by atoms with Crippen molar-refractivity contribution in [3.63, 3.8) is 0 Å². The predicted molar refractivity (Wildman–Crippen MR) is 67.9 cm³/mol. The number of aryl methyl sites for hydroxylation is 1. The highest BCUT2D eigenvalue weighted by Crippen LogP contribution is 2.29. The van der Waals surface area contributed by atoms with Crippen LogP contribution in [0.25, 0.3) is 0 Å². The van der Waals surface area contributed by atoms with Crippen LogP contribution in [0.2, 0.25) is 0 Å². The fourth-order valence-corrected chi connectivity index (χ4v) is 1.68. The van der Waals surface area contributed by atoms with Gasteiger partial charge in [0.05, 0.1) is 11.6 Å². The van der Waals surface area contributed by atoms with Gasteiger partial charge in [0, 0.05) is 0 Å². The lowest BCUT2D eigenvalue weighted by atomic mass is 9.79. The summed E-state index contributed by atoms with van der Waals surface area (Å²) in [4.78, 5) is 8.36. The van der Waals surface area contributed by atoms with Crippen LogP contribution in [0.5, 0.6) is 0 Å². The first-order valence-corrected chi connectivity index (χ1v) is 5.52. The molecule has 0 bridgehead atoms. The highest BCUT2D eigenvalue weighted by atomic mass is 16.3. The van der Waals surface area contributed by atoms with Gasteiger partial charge in [-0.1, -0.05) is 26.8 Å². The van der Waals surface area contributed by atoms with Gasteiger partial charge in [0.25, 0.3) is 6.47 Å². The third-order valence-electron chi connectivity index (χ3n) is 2.97. The van der Waals surface area contributed by atoms with Crippen LogP contribution in [0.3, 0.4) is 0 Å². The SMILES string of the molecule is CCC(C)(C)c1ccc(C#N)cc1C.O=CO. The average molecular weight is 233 g/mol. The Kier molecular flexibility index (Phi) is 5.98. The van der Waals surface area contributed by atoms with Crippen LogP contribution >= 0.6 is 0 Å². The van der Waals surface area contributed by atoms with Crippen molar-refractivity contribution in [2.75, 3.05) is 0 Å². The van der Waals surface area contributed by atoms with Crippen molar-refractivity contribution in [3.05, 3.63) is 34.9 Å². The topological polar surface area (TPSA) is 61.1 Å². The summed E-state index contributed by atoms with van der Waals surface area (Å²) in [6, 6.07) is 8.11. The minimum Gasteiger partial charge on any atom is -0.483 e. The number of rotatable bonds is 2. The highest BCUT2D eigenvalue weighted by molar-refractivity contribution is 5.40. The van der Waals surface area contributed by atoms with E-state index in [0.717, 1.165) is 12.0 Å². The molecule has 0 saturated heterocycles. The van der Waals surface area contributed by atoms with E-state index in [2.05, 4.69) is 39.8 Å². The molecule has 0 radical (unpaired) electrons. The maximum Gasteiger partial charge on any atom is 0.290 e. The smallest absolute Gasteiger partial charge is 0.290 e. The molecule has 0 amide bonds. The van der Waals surface area contributed by atoms with E-state index in [1.807, 2.05) is 12.1 Å². The maximum absolute atomic E-state index is 8.76. The Morgan fingerprint density at radius 2 is 2.00 bits per heavy atom. The van der Waals surface area contributed by atoms with Crippen molar-refractivity contribution >= 4 is 6.47 Å². The van der Waals surface area contributed by atoms with E-state index < -0.39 is 0 Å². The zero-order valence-electron chi connectivity index (χ0n) is 10.8. The summed E-state index contributed by atoms with van der Waals surface area (Å²) in [7, 11) is 0. The molecule has 0 aromatic heterocycles. The number of benzene rings is 1. The first kappa shape index (κ1) is 15.2. The molecule has 0 aliphatic carbocycles. The Labute approximate surface area is 103 Å². The lowest BCUT2D eigenvalue weighted by Gasteiger charge is -2.25. The molecule has 92 valence electrons. The second-order valence-electron chi connectivity index (χ2n) is 4.48. The van der Waals surface area contributed by atoms with Crippen LogP contribution in [0.15, 0.2) is 18.2 Å². The second kappa shape index (κ2) is 6.70. The Balaban J connectivity index is 0.000000770. The summed E-state index contributed by atoms with van der Waals surface area (Å²) in [6.07, 6.45) is 1.11. The number of hydrogen-bond donors (Lipinski definition) is 1. The molecule has 0 unspecified atom stereocenters. The van der Waals surface area contributed by atoms with E-state index >= 15 is 0 Å². The number of nitrogens with zero attached hydrogens (tertiary/aromatic N) is 1. The molecule has 1 N–H and O–H groups in total. The summed E-state index contributed by atoms with van der Waals surface area (Å²) in [5, 5.41) is 15.7. The molecule has 17 heavy (non-hydrogen) atoms. The van der Waals surface area contributed by atoms with Crippen molar-refractivity contribution in [3.8, 4) is 6.07 Å². The van der Waals surface area contributed by atoms with Crippen molar-refractivity contribution in [1.29, 1.82) is 5.26 Å². The number of carboxylic acid groups (broad SMARTS) is 1. The Hall–Kier alpha value is -1.82. The maximum atomic E-state index is 8.76. The first-order valence-electron chi connectivity index (χ1n) is 5.52. The van der Waals surface area contributed by atoms with E-state index in [4.69, 9.17) is 15.2 Å². The van der Waals surface area contributed by atoms with Crippen molar-refractivity contribution in [2.24, 2.45) is 0 Å². The normalized spacial score (nSPS) is 9.82. The van der Waals surface area contributed by atoms with E-state index in [0.29, 0.717) is 0 Å². The zero-order chi connectivity index (χ0) is 13.5. The molecule has 1 aromatic carbocycles. The molecule has 1 rings (SSSR count). The third kappa shape index (κ3) is 4.28. The first-order chi connectivity index (χ1) is 7.92. The fourth-order valence-electron chi connectivity index (χ4n) is 1.68. The van der Waals surface area contributed by atoms with Crippen LogP contribution in [0.4, 0.5) is 0 Å². The van der Waals surface area contributed by atoms with Gasteiger partial charge in [-0.25, -0.2) is 0 Å². The van der Waals surface area contributed by atoms with Gasteiger partial charge in [-0.2, -0.15) is 5.26 Å². The Morgan fingerprint density at radius 1 is 1.47 bits per heavy atom. The van der Waals surface area contributed by atoms with Crippen molar-refractivity contribution in [2.45, 2.75) is 39.5 Å². The van der Waals surface area contributed by atoms with Gasteiger partial charge in [0.15, 0.2) is 0 Å². The summed E-state index contributed by atoms with van der Waals surface area (Å²) in [5.41, 5.74) is 3.52. The molecule has 0 heterocycles. The van der Waals surface area contributed by atoms with Crippen LogP contribution in [-0.4, -0.2) is 11.6 Å². The minimum absolute atomic E-state index is 0.206. The molecular formula is C14H19NO2. The zero-order valence-corrected chi connectivity index (χ0v) is 10.8. The molecule has 0 atom stereocenters. The highest BCUT2D eigenvalue weighted by Gasteiger charge is 2.19. The average Bonchev–Trinajstić information content (AvgIpc) is 2.29. The van der Waals surface area contributed by atoms with Gasteiger partial charge < -0.3 is 5.11 Å². The fraction of sp³-hybridized carbons (Fsp3) is 0.429. The molecule has 3 heteroatoms. The summed E-state index contributed by atoms with van der Waals surface area (Å²) in [5.74, 6) is 0. The largest absolute Gasteiger partial charge is 0.483 e. The standard InChI is InChI=1S/C13H17N.CH2O2/c1-5-13(3,4)12-7-6-11(9-14)8-10(12)2;2-1-3/h6-8H,5H2,1-4H3;1H,(H,2,3). The Morgan fingerprint density at radius 3 is 2.35 bits per heavy atom. The molecule has 0 spiro atoms. The predicted octanol–water partition coefficient (Wildman–Crippen LogP) is 3.26. The van der Waals surface area contributed by atoms with E-state index in [1.54, 1.807) is 0 Å². The Bertz CT molecular complexity index is 417. The van der Waals surface area contributed by atoms with Crippen molar-refractivity contribution < 1.29 is 9.90 Å². The molecule has 0 fully saturated rings. The molecular weight excluding hydrogens is 214 g/mol. The van der Waals surface area contributed by atoms with Crippen molar-refractivity contribution in [1.82, 2.24) is 0 Å². The summed E-state index contributed by atoms with van der Waals surface area (Å²) < 4.78 is 0. The third-order valence-corrected chi connectivity index (χ3v) is 2.97. The second-order valence-corrected chi connectivity index (χ2v) is 4.48. The molecule has 0 aliphatic rings. The molecule has 3 nitrogen and oxygen atoms in total. The lowest BCUT2D eigenvalue weighted by Crippen LogP contribution is -2.16. The van der Waals surface area contributed by atoms with Crippen LogP contribution < -0.4 is 0 Å². The molecule has 0 saturated carbocycles. The molecule has 1 aromatic rings. The summed E-state index contributed by atoms with van der Waals surface area (Å²) >= 11 is 0. The van der Waals surface area contributed by atoms with E-state index in [-0.39, 0.29) is 11.9 Å². The van der Waals surface area contributed by atoms with E-state index in [1.165, 1.54) is 11.1 Å². The van der Waals surface area contributed by atoms with Gasteiger partial charge >= 0.3 is 0 Å². The monoisotopic (exact) mass is 233 g/mol. The van der Waals surface area contributed by atoms with Gasteiger partial charge in [-0.05, 0) is 42.0 Å². The van der Waals surface area contributed by atoms with Crippen LogP contribution in [-0.2, 0) is 10.2 Å². The van der Waals surface area contributed by atoms with Gasteiger partial charge in [-0.3, -0.25) is 4.79 Å². The van der Waals surface area contributed by atoms with Gasteiger partial charge in [0.1, 0.15) is 0 Å². The quantitative estimate of drug-likeness (QED) is 0.797. The van der Waals surface area contributed by atoms with Crippen LogP contribution in [0, 0.1) is 18.3 Å². The lowest BCUT2D eigenvalue weighted by molar-refractivity contribution is -0.122. The number of nitriles is 1. The number of hydrogen-bond acceptors (Lipinski definition) is 2. The summed E-state index contributed by atoms with van der Waals surface area (Å²) in [6.45, 7) is 8.49. The van der Waals surface area contributed by atoms with E-state index in [9.17, 15) is 0 Å². The molecule has 0 aliphatic heterocycles. The van der Waals surface area contributed by atoms with Gasteiger partial charge in [-0.15, -0.1) is 0 Å². The van der Waals surface area contributed by atoms with Gasteiger partial charge in [0.2, 0.25) is 0 Å².